The molecular weight excluding hydrogens is 1030 g/mol. The van der Waals surface area contributed by atoms with Crippen molar-refractivity contribution in [3.63, 3.8) is 0 Å². The summed E-state index contributed by atoms with van der Waals surface area (Å²) in [4.78, 5) is 86.6. The van der Waals surface area contributed by atoms with Gasteiger partial charge in [0.05, 0.1) is 56.7 Å². The predicted molar refractivity (Wildman–Crippen MR) is 320 cm³/mol. The molecule has 3 aromatic rings. The van der Waals surface area contributed by atoms with Crippen molar-refractivity contribution < 1.29 is 43.0 Å². The summed E-state index contributed by atoms with van der Waals surface area (Å²) in [5.41, 5.74) is 13.1. The number of Topliss-reactive ketones (excluding diaryl/α,β-unsaturated/α-hetero) is 1. The quantitative estimate of drug-likeness (QED) is 0.102. The Morgan fingerprint density at radius 2 is 0.840 bits per heavy atom. The van der Waals surface area contributed by atoms with Gasteiger partial charge in [-0.15, -0.1) is 0 Å². The number of morpholine rings is 3. The zero-order valence-corrected chi connectivity index (χ0v) is 48.3. The van der Waals surface area contributed by atoms with Gasteiger partial charge in [0.15, 0.2) is 0 Å². The maximum absolute atomic E-state index is 13.0. The molecule has 4 fully saturated rings. The highest BCUT2D eigenvalue weighted by Gasteiger charge is 2.31. The van der Waals surface area contributed by atoms with Gasteiger partial charge in [0.2, 0.25) is 11.8 Å². The number of amides is 5. The lowest BCUT2D eigenvalue weighted by Gasteiger charge is -2.35. The second kappa shape index (κ2) is 32.4. The van der Waals surface area contributed by atoms with Crippen LogP contribution in [0.2, 0.25) is 0 Å². The molecule has 3 aromatic carbocycles. The van der Waals surface area contributed by atoms with E-state index in [0.717, 1.165) is 162 Å². The van der Waals surface area contributed by atoms with E-state index in [2.05, 4.69) is 33.9 Å². The van der Waals surface area contributed by atoms with Crippen LogP contribution in [0.25, 0.3) is 0 Å². The zero-order valence-electron chi connectivity index (χ0n) is 48.3. The van der Waals surface area contributed by atoms with Gasteiger partial charge in [-0.1, -0.05) is 57.8 Å². The van der Waals surface area contributed by atoms with Gasteiger partial charge in [-0.05, 0) is 125 Å². The number of nitrogens with two attached hydrogens (primary N) is 1. The van der Waals surface area contributed by atoms with E-state index in [4.69, 9.17) is 19.9 Å². The SMILES string of the molecule is CCCCCC(=O)Nc1ccc(N2CCC=C(N3CCOCC3)C2=O)cc1.CCCCCC(C)=O.Nc1ccc(N2CCC=C(N3CCOCC3)C2=O)cc1.O=C1CCCCN1c1ccc(N2CCC=C(N3CCOCC3)C2=O)cc1. The normalized spacial score (nSPS) is 18.8. The van der Waals surface area contributed by atoms with Gasteiger partial charge in [-0.3, -0.25) is 24.0 Å². The Labute approximate surface area is 479 Å². The Bertz CT molecular complexity index is 2620. The number of carbonyl (C=O) groups excluding carboxylic acids is 6. The van der Waals surface area contributed by atoms with Crippen molar-refractivity contribution in [2.45, 2.75) is 111 Å². The Kier molecular flexibility index (Phi) is 24.7. The van der Waals surface area contributed by atoms with Gasteiger partial charge < -0.3 is 64.4 Å². The van der Waals surface area contributed by atoms with E-state index in [0.29, 0.717) is 77.0 Å². The van der Waals surface area contributed by atoms with Crippen molar-refractivity contribution >= 4 is 69.4 Å². The number of nitrogens with zero attached hydrogens (tertiary/aromatic N) is 7. The molecule has 7 aliphatic heterocycles. The zero-order chi connectivity index (χ0) is 57.3. The molecule has 0 radical (unpaired) electrons. The molecule has 7 aliphatic rings. The van der Waals surface area contributed by atoms with E-state index < -0.39 is 0 Å². The molecule has 0 aromatic heterocycles. The molecule has 7 heterocycles. The minimum Gasteiger partial charge on any atom is -0.399 e. The van der Waals surface area contributed by atoms with Crippen LogP contribution in [-0.4, -0.2) is 155 Å². The molecule has 5 amide bonds. The molecule has 4 saturated heterocycles. The highest BCUT2D eigenvalue weighted by molar-refractivity contribution is 6.08. The van der Waals surface area contributed by atoms with E-state index >= 15 is 0 Å². The average Bonchev–Trinajstić information content (AvgIpc) is 3.63. The topological polar surface area (TPSA) is 191 Å². The summed E-state index contributed by atoms with van der Waals surface area (Å²) < 4.78 is 16.1. The van der Waals surface area contributed by atoms with Crippen molar-refractivity contribution in [1.29, 1.82) is 0 Å². The summed E-state index contributed by atoms with van der Waals surface area (Å²) >= 11 is 0. The van der Waals surface area contributed by atoms with Crippen LogP contribution in [0.1, 0.15) is 111 Å². The summed E-state index contributed by atoms with van der Waals surface area (Å²) in [6, 6.07) is 22.8. The number of anilines is 6. The van der Waals surface area contributed by atoms with Crippen LogP contribution < -0.4 is 30.7 Å². The van der Waals surface area contributed by atoms with Crippen LogP contribution in [0.5, 0.6) is 0 Å². The first-order valence-corrected chi connectivity index (χ1v) is 29.6. The molecule has 438 valence electrons. The standard InChI is InChI=1S/C21H29N3O3.C20H25N3O3.C15H19N3O2.C7H14O/c1-2-3-4-7-20(25)22-17-8-10-18(11-9-17)24-12-5-6-19(21(24)26)23-13-15-27-16-14-23;24-19-5-1-2-10-22(19)16-6-8-17(9-7-16)23-11-3-4-18(20(23)25)21-12-14-26-15-13-21;16-12-3-5-13(6-4-12)18-7-1-2-14(15(18)19)17-8-10-20-11-9-17;1-3-4-5-6-7(2)8/h6,8-11H,2-5,7,12-16H2,1H3,(H,22,25);4,6-9H,1-3,5,10-15H2;2-6H,1,7-11,16H2;3-6H2,1-2H3. The summed E-state index contributed by atoms with van der Waals surface area (Å²) in [5, 5.41) is 2.93. The fourth-order valence-electron chi connectivity index (χ4n) is 10.6. The first-order chi connectivity index (χ1) is 39.4. The second-order valence-electron chi connectivity index (χ2n) is 21.1. The number of benzene rings is 3. The lowest BCUT2D eigenvalue weighted by molar-refractivity contribution is -0.120. The lowest BCUT2D eigenvalue weighted by Crippen LogP contribution is -2.45. The first-order valence-electron chi connectivity index (χ1n) is 29.6. The lowest BCUT2D eigenvalue weighted by atomic mass is 10.1. The molecule has 0 spiro atoms. The fourth-order valence-corrected chi connectivity index (χ4v) is 10.6. The van der Waals surface area contributed by atoms with Gasteiger partial charge in [-0.2, -0.15) is 0 Å². The third-order valence-electron chi connectivity index (χ3n) is 15.1. The predicted octanol–water partition coefficient (Wildman–Crippen LogP) is 8.69. The molecule has 10 rings (SSSR count). The van der Waals surface area contributed by atoms with Crippen molar-refractivity contribution in [3.05, 3.63) is 108 Å². The van der Waals surface area contributed by atoms with Crippen LogP contribution in [0.3, 0.4) is 0 Å². The Hall–Kier alpha value is -7.02. The molecule has 0 saturated carbocycles. The summed E-state index contributed by atoms with van der Waals surface area (Å²) in [6.45, 7) is 17.4. The third kappa shape index (κ3) is 18.2. The van der Waals surface area contributed by atoms with Gasteiger partial charge in [0, 0.05) is 119 Å². The van der Waals surface area contributed by atoms with Crippen LogP contribution in [0.4, 0.5) is 34.1 Å². The number of carbonyl (C=O) groups is 6. The van der Waals surface area contributed by atoms with Crippen molar-refractivity contribution in [2.24, 2.45) is 0 Å². The van der Waals surface area contributed by atoms with Crippen LogP contribution in [0.15, 0.2) is 108 Å². The number of ether oxygens (including phenoxy) is 3. The van der Waals surface area contributed by atoms with Crippen LogP contribution in [-0.2, 0) is 43.0 Å². The highest BCUT2D eigenvalue weighted by Crippen LogP contribution is 2.30. The Balaban J connectivity index is 0.000000165. The van der Waals surface area contributed by atoms with Crippen molar-refractivity contribution in [1.82, 2.24) is 14.7 Å². The van der Waals surface area contributed by atoms with Gasteiger partial charge >= 0.3 is 0 Å². The number of unbranched alkanes of at least 4 members (excludes halogenated alkanes) is 4. The molecular formula is C63H87N9O9. The number of rotatable bonds is 16. The average molecular weight is 1110 g/mol. The minimum absolute atomic E-state index is 0.0412. The van der Waals surface area contributed by atoms with E-state index in [-0.39, 0.29) is 29.5 Å². The van der Waals surface area contributed by atoms with E-state index in [9.17, 15) is 28.8 Å². The van der Waals surface area contributed by atoms with Gasteiger partial charge in [0.1, 0.15) is 5.78 Å². The molecule has 0 unspecified atom stereocenters. The summed E-state index contributed by atoms with van der Waals surface area (Å²) in [7, 11) is 0. The molecule has 0 aliphatic carbocycles. The molecule has 18 nitrogen and oxygen atoms in total. The monoisotopic (exact) mass is 1110 g/mol. The van der Waals surface area contributed by atoms with Crippen LogP contribution >= 0.6 is 0 Å². The van der Waals surface area contributed by atoms with Crippen molar-refractivity contribution in [3.8, 4) is 0 Å². The summed E-state index contributed by atoms with van der Waals surface area (Å²) in [6.07, 6.45) is 19.2. The van der Waals surface area contributed by atoms with Crippen LogP contribution in [0, 0.1) is 0 Å². The molecule has 0 bridgehead atoms. The van der Waals surface area contributed by atoms with E-state index in [1.165, 1.54) is 12.8 Å². The first kappa shape index (κ1) is 61.6. The third-order valence-corrected chi connectivity index (χ3v) is 15.1. The largest absolute Gasteiger partial charge is 0.399 e. The Morgan fingerprint density at radius 3 is 1.22 bits per heavy atom. The van der Waals surface area contributed by atoms with Gasteiger partial charge in [-0.25, -0.2) is 0 Å². The fraction of sp³-hybridized carbons (Fsp3) is 0.524. The summed E-state index contributed by atoms with van der Waals surface area (Å²) in [5.74, 6) is 0.721. The van der Waals surface area contributed by atoms with E-state index in [1.54, 1.807) is 6.92 Å². The number of hydrogen-bond acceptors (Lipinski definition) is 13. The molecule has 0 atom stereocenters. The van der Waals surface area contributed by atoms with E-state index in [1.807, 2.05) is 111 Å². The minimum atomic E-state index is 0.0412. The number of nitrogen functional groups attached to an aromatic ring is 1. The number of piperidine rings is 1. The number of nitrogens with one attached hydrogen (secondary N) is 1. The van der Waals surface area contributed by atoms with Crippen molar-refractivity contribution in [2.75, 3.05) is 136 Å². The molecule has 3 N–H and O–H groups in total. The Morgan fingerprint density at radius 1 is 0.469 bits per heavy atom. The highest BCUT2D eigenvalue weighted by atomic mass is 16.5. The number of ketones is 1. The second-order valence-corrected chi connectivity index (χ2v) is 21.1. The molecule has 81 heavy (non-hydrogen) atoms. The number of hydrogen-bond donors (Lipinski definition) is 2. The smallest absolute Gasteiger partial charge is 0.274 e. The maximum Gasteiger partial charge on any atom is 0.274 e. The molecule has 18 heteroatoms. The maximum atomic E-state index is 13.0. The van der Waals surface area contributed by atoms with Gasteiger partial charge in [0.25, 0.3) is 17.7 Å².